The van der Waals surface area contributed by atoms with Gasteiger partial charge in [-0.3, -0.25) is 4.79 Å². The number of hydrogen-bond donors (Lipinski definition) is 1. The first kappa shape index (κ1) is 22.3. The molecular formula is C11H26BCl2NO2. The summed E-state index contributed by atoms with van der Waals surface area (Å²) in [5.74, 6) is -0.0424. The Kier molecular flexibility index (Phi) is 21.1. The van der Waals surface area contributed by atoms with Gasteiger partial charge < -0.3 is 9.97 Å². The van der Waals surface area contributed by atoms with Crippen molar-refractivity contribution in [1.82, 2.24) is 5.32 Å². The number of halogens is 2. The van der Waals surface area contributed by atoms with Gasteiger partial charge in [-0.05, 0) is 19.4 Å². The lowest BCUT2D eigenvalue weighted by atomic mass is 10.0. The summed E-state index contributed by atoms with van der Waals surface area (Å²) < 4.78 is 4.79. The molecular weight excluding hydrogens is 260 g/mol. The lowest BCUT2D eigenvalue weighted by molar-refractivity contribution is -0.138. The van der Waals surface area contributed by atoms with Crippen molar-refractivity contribution in [3.05, 3.63) is 0 Å². The van der Waals surface area contributed by atoms with E-state index in [0.29, 0.717) is 0 Å². The first-order valence-electron chi connectivity index (χ1n) is 6.04. The molecule has 104 valence electrons. The van der Waals surface area contributed by atoms with Crippen LogP contribution < -0.4 is 5.32 Å². The monoisotopic (exact) mass is 285 g/mol. The maximum absolute atomic E-state index is 11.4. The van der Waals surface area contributed by atoms with E-state index in [1.165, 1.54) is 20.9 Å². The van der Waals surface area contributed by atoms with Crippen molar-refractivity contribution in [2.75, 3.05) is 13.1 Å². The summed E-state index contributed by atoms with van der Waals surface area (Å²) in [5.41, 5.74) is 0. The molecule has 0 radical (unpaired) electrons. The highest BCUT2D eigenvalue weighted by Gasteiger charge is 2.16. The molecule has 0 bridgehead atoms. The van der Waals surface area contributed by atoms with E-state index >= 15 is 0 Å². The van der Waals surface area contributed by atoms with Gasteiger partial charge in [-0.15, -0.1) is 24.8 Å². The van der Waals surface area contributed by atoms with E-state index in [1.807, 2.05) is 0 Å². The predicted molar refractivity (Wildman–Crippen MR) is 79.9 cm³/mol. The van der Waals surface area contributed by atoms with Crippen molar-refractivity contribution >= 4 is 38.8 Å². The van der Waals surface area contributed by atoms with E-state index in [4.69, 9.17) is 4.65 Å². The number of carbonyl (C=O) groups excluding carboxylic acids is 1. The molecule has 6 heteroatoms. The van der Waals surface area contributed by atoms with Crippen molar-refractivity contribution in [3.8, 4) is 0 Å². The summed E-state index contributed by atoms with van der Waals surface area (Å²) in [6.07, 6.45) is 5.51. The van der Waals surface area contributed by atoms with Crippen LogP contribution in [0.1, 0.15) is 46.0 Å². The molecule has 0 saturated carbocycles. The molecule has 0 rings (SSSR count). The fourth-order valence-corrected chi connectivity index (χ4v) is 1.50. The fourth-order valence-electron chi connectivity index (χ4n) is 1.50. The van der Waals surface area contributed by atoms with E-state index in [2.05, 4.69) is 19.2 Å². The first-order chi connectivity index (χ1) is 7.26. The standard InChI is InChI=1S/C11H24BNO2.2ClH/c1-3-5-7-10(11(14)15-12)9-13-8-6-4-2;;/h10,13H,3-9,12H2,1-2H3;2*1H. The van der Waals surface area contributed by atoms with E-state index in [0.717, 1.165) is 32.4 Å². The second kappa shape index (κ2) is 16.1. The molecule has 0 aromatic heterocycles. The molecule has 1 unspecified atom stereocenters. The molecule has 1 atom stereocenters. The zero-order chi connectivity index (χ0) is 11.5. The highest BCUT2D eigenvalue weighted by atomic mass is 35.5. The second-order valence-corrected chi connectivity index (χ2v) is 3.92. The van der Waals surface area contributed by atoms with Gasteiger partial charge in [0, 0.05) is 6.54 Å². The van der Waals surface area contributed by atoms with Crippen LogP contribution in [0, 0.1) is 5.92 Å². The molecule has 0 aromatic rings. The van der Waals surface area contributed by atoms with Crippen molar-refractivity contribution in [1.29, 1.82) is 0 Å². The van der Waals surface area contributed by atoms with Crippen LogP contribution in [0.5, 0.6) is 0 Å². The lowest BCUT2D eigenvalue weighted by Gasteiger charge is -2.15. The fraction of sp³-hybridized carbons (Fsp3) is 0.909. The van der Waals surface area contributed by atoms with Crippen LogP contribution in [-0.4, -0.2) is 27.1 Å². The maximum atomic E-state index is 11.4. The van der Waals surface area contributed by atoms with E-state index in [9.17, 15) is 4.79 Å². The lowest BCUT2D eigenvalue weighted by Crippen LogP contribution is -2.30. The SMILES string of the molecule is BOC(=O)C(CCCC)CNCCCC.Cl.Cl. The van der Waals surface area contributed by atoms with Gasteiger partial charge >= 0.3 is 8.05 Å². The zero-order valence-corrected chi connectivity index (χ0v) is 12.8. The Balaban J connectivity index is -0.000000980. The minimum absolute atomic E-state index is 0. The normalized spacial score (nSPS) is 10.9. The van der Waals surface area contributed by atoms with Crippen molar-refractivity contribution in [3.63, 3.8) is 0 Å². The van der Waals surface area contributed by atoms with Gasteiger partial charge in [-0.25, -0.2) is 0 Å². The summed E-state index contributed by atoms with van der Waals surface area (Å²) in [7, 11) is 1.47. The van der Waals surface area contributed by atoms with Gasteiger partial charge in [-0.2, -0.15) is 0 Å². The Labute approximate surface area is 119 Å². The minimum atomic E-state index is -0.0764. The summed E-state index contributed by atoms with van der Waals surface area (Å²) in [4.78, 5) is 11.4. The summed E-state index contributed by atoms with van der Waals surface area (Å²) in [6.45, 7) is 6.05. The van der Waals surface area contributed by atoms with E-state index in [1.54, 1.807) is 0 Å². The van der Waals surface area contributed by atoms with Crippen molar-refractivity contribution < 1.29 is 9.45 Å². The number of carbonyl (C=O) groups is 1. The van der Waals surface area contributed by atoms with E-state index in [-0.39, 0.29) is 36.7 Å². The number of hydrogen-bond acceptors (Lipinski definition) is 3. The molecule has 0 saturated heterocycles. The van der Waals surface area contributed by atoms with Crippen LogP contribution in [0.3, 0.4) is 0 Å². The second-order valence-electron chi connectivity index (χ2n) is 3.92. The van der Waals surface area contributed by atoms with Crippen LogP contribution in [0.15, 0.2) is 0 Å². The largest absolute Gasteiger partial charge is 0.543 e. The summed E-state index contributed by atoms with van der Waals surface area (Å²) in [5, 5.41) is 3.31. The Morgan fingerprint density at radius 2 is 1.82 bits per heavy atom. The van der Waals surface area contributed by atoms with Crippen LogP contribution in [0.25, 0.3) is 0 Å². The number of rotatable bonds is 9. The van der Waals surface area contributed by atoms with Crippen LogP contribution in [0.2, 0.25) is 0 Å². The van der Waals surface area contributed by atoms with Gasteiger partial charge in [-0.1, -0.05) is 33.1 Å². The molecule has 0 spiro atoms. The number of unbranched alkanes of at least 4 members (excludes halogenated alkanes) is 2. The first-order valence-corrected chi connectivity index (χ1v) is 6.04. The quantitative estimate of drug-likeness (QED) is 0.521. The molecule has 0 fully saturated rings. The zero-order valence-electron chi connectivity index (χ0n) is 11.2. The third-order valence-corrected chi connectivity index (χ3v) is 2.54. The predicted octanol–water partition coefficient (Wildman–Crippen LogP) is 2.12. The highest BCUT2D eigenvalue weighted by molar-refractivity contribution is 6.05. The molecule has 0 heterocycles. The average molecular weight is 286 g/mol. The molecule has 3 nitrogen and oxygen atoms in total. The third kappa shape index (κ3) is 12.3. The Bertz CT molecular complexity index is 174. The molecule has 0 aliphatic rings. The molecule has 1 N–H and O–H groups in total. The van der Waals surface area contributed by atoms with Crippen molar-refractivity contribution in [2.24, 2.45) is 5.92 Å². The molecule has 0 amide bonds. The summed E-state index contributed by atoms with van der Waals surface area (Å²) >= 11 is 0. The molecule has 0 aromatic carbocycles. The van der Waals surface area contributed by atoms with E-state index < -0.39 is 0 Å². The minimum Gasteiger partial charge on any atom is -0.543 e. The molecule has 0 aliphatic heterocycles. The van der Waals surface area contributed by atoms with Gasteiger partial charge in [0.1, 0.15) is 0 Å². The third-order valence-electron chi connectivity index (χ3n) is 2.54. The topological polar surface area (TPSA) is 38.3 Å². The van der Waals surface area contributed by atoms with Crippen LogP contribution in [0.4, 0.5) is 0 Å². The molecule has 17 heavy (non-hydrogen) atoms. The molecule has 0 aliphatic carbocycles. The highest BCUT2D eigenvalue weighted by Crippen LogP contribution is 2.09. The number of nitrogens with one attached hydrogen (secondary N) is 1. The van der Waals surface area contributed by atoms with Crippen LogP contribution >= 0.6 is 24.8 Å². The smallest absolute Gasteiger partial charge is 0.325 e. The summed E-state index contributed by atoms with van der Waals surface area (Å²) in [6, 6.07) is 0. The van der Waals surface area contributed by atoms with Gasteiger partial charge in [0.15, 0.2) is 0 Å². The van der Waals surface area contributed by atoms with Gasteiger partial charge in [0.25, 0.3) is 5.97 Å². The van der Waals surface area contributed by atoms with Gasteiger partial charge in [0.2, 0.25) is 0 Å². The Hall–Kier alpha value is 0.0749. The van der Waals surface area contributed by atoms with Crippen molar-refractivity contribution in [2.45, 2.75) is 46.0 Å². The average Bonchev–Trinajstić information content (AvgIpc) is 2.27. The van der Waals surface area contributed by atoms with Gasteiger partial charge in [0.05, 0.1) is 5.92 Å². The maximum Gasteiger partial charge on any atom is 0.325 e. The van der Waals surface area contributed by atoms with Crippen LogP contribution in [-0.2, 0) is 9.45 Å². The Morgan fingerprint density at radius 1 is 1.24 bits per heavy atom. The Morgan fingerprint density at radius 3 is 2.29 bits per heavy atom.